The lowest BCUT2D eigenvalue weighted by molar-refractivity contribution is -0.122. The molecule has 0 spiro atoms. The number of nitrogens with zero attached hydrogens (tertiary/aromatic N) is 1. The molecule has 1 unspecified atom stereocenters. The zero-order valence-electron chi connectivity index (χ0n) is 16.2. The van der Waals surface area contributed by atoms with Crippen molar-refractivity contribution in [2.24, 2.45) is 0 Å². The van der Waals surface area contributed by atoms with Crippen molar-refractivity contribution in [3.8, 4) is 5.75 Å². The summed E-state index contributed by atoms with van der Waals surface area (Å²) in [6, 6.07) is 11.3. The molecule has 0 saturated carbocycles. The summed E-state index contributed by atoms with van der Waals surface area (Å²) in [4.78, 5) is 26.9. The normalized spacial score (nSPS) is 15.4. The van der Waals surface area contributed by atoms with Gasteiger partial charge in [-0.15, -0.1) is 0 Å². The van der Waals surface area contributed by atoms with Crippen molar-refractivity contribution in [2.45, 2.75) is 45.8 Å². The number of rotatable bonds is 7. The van der Waals surface area contributed by atoms with Gasteiger partial charge in [0.05, 0.1) is 11.3 Å². The maximum absolute atomic E-state index is 13.3. The molecule has 0 fully saturated rings. The first-order chi connectivity index (χ1) is 13.5. The first kappa shape index (κ1) is 19.9. The van der Waals surface area contributed by atoms with Crippen LogP contribution < -0.4 is 10.1 Å². The summed E-state index contributed by atoms with van der Waals surface area (Å²) >= 11 is 0. The molecule has 5 nitrogen and oxygen atoms in total. The zero-order valence-corrected chi connectivity index (χ0v) is 16.2. The Morgan fingerprint density at radius 2 is 1.93 bits per heavy atom. The summed E-state index contributed by atoms with van der Waals surface area (Å²) in [5, 5.41) is 2.78. The lowest BCUT2D eigenvalue weighted by atomic mass is 10.1. The molecule has 1 aliphatic rings. The minimum absolute atomic E-state index is 0.166. The van der Waals surface area contributed by atoms with Crippen LogP contribution in [0.2, 0.25) is 0 Å². The molecule has 6 heteroatoms. The van der Waals surface area contributed by atoms with E-state index < -0.39 is 6.10 Å². The Morgan fingerprint density at radius 3 is 2.64 bits per heavy atom. The van der Waals surface area contributed by atoms with Crippen LogP contribution in [0.5, 0.6) is 5.75 Å². The number of para-hydroxylation sites is 1. The number of halogens is 1. The molecule has 0 bridgehead atoms. The van der Waals surface area contributed by atoms with Crippen LogP contribution in [0.15, 0.2) is 42.5 Å². The molecular formula is C22H25FN2O3. The van der Waals surface area contributed by atoms with E-state index in [0.29, 0.717) is 30.1 Å². The molecule has 2 aromatic carbocycles. The zero-order chi connectivity index (χ0) is 20.1. The van der Waals surface area contributed by atoms with Crippen LogP contribution in [0.25, 0.3) is 0 Å². The van der Waals surface area contributed by atoms with Gasteiger partial charge in [0, 0.05) is 13.1 Å². The molecule has 1 atom stereocenters. The van der Waals surface area contributed by atoms with Crippen molar-refractivity contribution in [1.29, 1.82) is 0 Å². The lowest BCUT2D eigenvalue weighted by Crippen LogP contribution is -2.37. The van der Waals surface area contributed by atoms with E-state index in [1.807, 2.05) is 0 Å². The molecule has 2 amide bonds. The molecule has 3 rings (SSSR count). The number of anilines is 1. The van der Waals surface area contributed by atoms with Gasteiger partial charge in [0.15, 0.2) is 11.9 Å². The van der Waals surface area contributed by atoms with E-state index in [4.69, 9.17) is 4.74 Å². The van der Waals surface area contributed by atoms with E-state index in [0.717, 1.165) is 24.8 Å². The number of hydrogen-bond donors (Lipinski definition) is 1. The standard InChI is InChI=1S/C22H25FN2O3/c1-3-4-5-13-25(14-16-9-11-17(23)12-10-16)22(27)18-7-6-8-19-20(18)28-15(2)21(26)24-19/h6-12,15H,3-5,13-14H2,1-2H3,(H,24,26). The molecular weight excluding hydrogens is 359 g/mol. The topological polar surface area (TPSA) is 58.6 Å². The smallest absolute Gasteiger partial charge is 0.265 e. The molecule has 0 radical (unpaired) electrons. The van der Waals surface area contributed by atoms with E-state index in [-0.39, 0.29) is 17.6 Å². The number of unbranched alkanes of at least 4 members (excludes halogenated alkanes) is 2. The molecule has 1 heterocycles. The van der Waals surface area contributed by atoms with Crippen LogP contribution in [0.1, 0.15) is 49.0 Å². The predicted molar refractivity (Wildman–Crippen MR) is 106 cm³/mol. The molecule has 1 aliphatic heterocycles. The molecule has 2 aromatic rings. The highest BCUT2D eigenvalue weighted by atomic mass is 19.1. The number of hydrogen-bond acceptors (Lipinski definition) is 3. The van der Waals surface area contributed by atoms with Gasteiger partial charge in [-0.25, -0.2) is 4.39 Å². The monoisotopic (exact) mass is 384 g/mol. The first-order valence-corrected chi connectivity index (χ1v) is 9.64. The Hall–Kier alpha value is -2.89. The summed E-state index contributed by atoms with van der Waals surface area (Å²) in [7, 11) is 0. The van der Waals surface area contributed by atoms with Gasteiger partial charge in [-0.3, -0.25) is 9.59 Å². The Balaban J connectivity index is 1.87. The van der Waals surface area contributed by atoms with E-state index in [1.54, 1.807) is 42.2 Å². The predicted octanol–water partition coefficient (Wildman–Crippen LogP) is 4.38. The third kappa shape index (κ3) is 4.50. The number of ether oxygens (including phenoxy) is 1. The fourth-order valence-electron chi connectivity index (χ4n) is 3.18. The maximum Gasteiger partial charge on any atom is 0.265 e. The van der Waals surface area contributed by atoms with Crippen molar-refractivity contribution in [3.63, 3.8) is 0 Å². The lowest BCUT2D eigenvalue weighted by Gasteiger charge is -2.28. The van der Waals surface area contributed by atoms with Gasteiger partial charge >= 0.3 is 0 Å². The largest absolute Gasteiger partial charge is 0.478 e. The summed E-state index contributed by atoms with van der Waals surface area (Å²) in [6.45, 7) is 4.73. The number of fused-ring (bicyclic) bond motifs is 1. The van der Waals surface area contributed by atoms with E-state index in [9.17, 15) is 14.0 Å². The van der Waals surface area contributed by atoms with Gasteiger partial charge in [-0.2, -0.15) is 0 Å². The molecule has 28 heavy (non-hydrogen) atoms. The van der Waals surface area contributed by atoms with Gasteiger partial charge in [0.1, 0.15) is 5.82 Å². The fraction of sp³-hybridized carbons (Fsp3) is 0.364. The quantitative estimate of drug-likeness (QED) is 0.721. The van der Waals surface area contributed by atoms with Crippen molar-refractivity contribution in [1.82, 2.24) is 4.90 Å². The highest BCUT2D eigenvalue weighted by molar-refractivity contribution is 6.04. The minimum atomic E-state index is -0.660. The van der Waals surface area contributed by atoms with Crippen LogP contribution in [-0.2, 0) is 11.3 Å². The van der Waals surface area contributed by atoms with Crippen molar-refractivity contribution in [3.05, 3.63) is 59.4 Å². The number of nitrogens with one attached hydrogen (secondary N) is 1. The van der Waals surface area contributed by atoms with Gasteiger partial charge < -0.3 is 15.0 Å². The SMILES string of the molecule is CCCCCN(Cc1ccc(F)cc1)C(=O)c1cccc2c1OC(C)C(=O)N2. The van der Waals surface area contributed by atoms with E-state index in [1.165, 1.54) is 12.1 Å². The average Bonchev–Trinajstić information content (AvgIpc) is 2.69. The molecule has 0 saturated heterocycles. The van der Waals surface area contributed by atoms with Crippen molar-refractivity contribution < 1.29 is 18.7 Å². The molecule has 0 aliphatic carbocycles. The Kier molecular flexibility index (Phi) is 6.29. The fourth-order valence-corrected chi connectivity index (χ4v) is 3.18. The summed E-state index contributed by atoms with van der Waals surface area (Å²) in [5.74, 6) is -0.300. The van der Waals surface area contributed by atoms with Crippen LogP contribution in [0.3, 0.4) is 0 Å². The van der Waals surface area contributed by atoms with Gasteiger partial charge in [0.25, 0.3) is 11.8 Å². The van der Waals surface area contributed by atoms with Gasteiger partial charge in [-0.05, 0) is 43.2 Å². The Labute approximate surface area is 164 Å². The van der Waals surface area contributed by atoms with E-state index in [2.05, 4.69) is 12.2 Å². The first-order valence-electron chi connectivity index (χ1n) is 9.64. The highest BCUT2D eigenvalue weighted by Crippen LogP contribution is 2.34. The molecule has 148 valence electrons. The number of carbonyl (C=O) groups is 2. The molecule has 0 aromatic heterocycles. The maximum atomic E-state index is 13.3. The average molecular weight is 384 g/mol. The summed E-state index contributed by atoms with van der Waals surface area (Å²) in [6.07, 6.45) is 2.29. The van der Waals surface area contributed by atoms with E-state index >= 15 is 0 Å². The number of amides is 2. The van der Waals surface area contributed by atoms with Crippen LogP contribution >= 0.6 is 0 Å². The van der Waals surface area contributed by atoms with Crippen LogP contribution in [0, 0.1) is 5.82 Å². The van der Waals surface area contributed by atoms with Gasteiger partial charge in [0.2, 0.25) is 0 Å². The Morgan fingerprint density at radius 1 is 1.18 bits per heavy atom. The van der Waals surface area contributed by atoms with Crippen LogP contribution in [-0.4, -0.2) is 29.4 Å². The molecule has 1 N–H and O–H groups in total. The summed E-state index contributed by atoms with van der Waals surface area (Å²) in [5.41, 5.74) is 1.78. The van der Waals surface area contributed by atoms with Crippen molar-refractivity contribution in [2.75, 3.05) is 11.9 Å². The second kappa shape index (κ2) is 8.87. The van der Waals surface area contributed by atoms with Crippen LogP contribution in [0.4, 0.5) is 10.1 Å². The second-order valence-electron chi connectivity index (χ2n) is 6.99. The Bertz CT molecular complexity index is 851. The third-order valence-corrected chi connectivity index (χ3v) is 4.77. The second-order valence-corrected chi connectivity index (χ2v) is 6.99. The number of benzene rings is 2. The highest BCUT2D eigenvalue weighted by Gasteiger charge is 2.29. The number of carbonyl (C=O) groups excluding carboxylic acids is 2. The summed E-state index contributed by atoms with van der Waals surface area (Å²) < 4.78 is 19.0. The third-order valence-electron chi connectivity index (χ3n) is 4.77. The van der Waals surface area contributed by atoms with Crippen molar-refractivity contribution >= 4 is 17.5 Å². The van der Waals surface area contributed by atoms with Gasteiger partial charge in [-0.1, -0.05) is 38.0 Å². The minimum Gasteiger partial charge on any atom is -0.478 e.